The lowest BCUT2D eigenvalue weighted by Gasteiger charge is -2.40. The van der Waals surface area contributed by atoms with Crippen molar-refractivity contribution in [1.29, 1.82) is 0 Å². The monoisotopic (exact) mass is 341 g/mol. The molecule has 7 heteroatoms. The van der Waals surface area contributed by atoms with E-state index in [1.165, 1.54) is 4.90 Å². The van der Waals surface area contributed by atoms with Gasteiger partial charge in [-0.1, -0.05) is 6.92 Å². The Morgan fingerprint density at radius 3 is 2.67 bits per heavy atom. The number of rotatable bonds is 9. The van der Waals surface area contributed by atoms with E-state index in [-0.39, 0.29) is 24.5 Å². The zero-order valence-electron chi connectivity index (χ0n) is 15.2. The summed E-state index contributed by atoms with van der Waals surface area (Å²) in [6.07, 6.45) is 1.88. The molecule has 0 spiro atoms. The Hall–Kier alpha value is -1.18. The van der Waals surface area contributed by atoms with Gasteiger partial charge in [-0.25, -0.2) is 4.79 Å². The van der Waals surface area contributed by atoms with E-state index >= 15 is 0 Å². The zero-order valence-corrected chi connectivity index (χ0v) is 15.2. The van der Waals surface area contributed by atoms with Gasteiger partial charge in [0.1, 0.15) is 6.54 Å². The third-order valence-corrected chi connectivity index (χ3v) is 4.88. The van der Waals surface area contributed by atoms with E-state index in [9.17, 15) is 9.59 Å². The summed E-state index contributed by atoms with van der Waals surface area (Å²) in [5.41, 5.74) is 0. The van der Waals surface area contributed by atoms with Crippen molar-refractivity contribution in [3.05, 3.63) is 0 Å². The Bertz CT molecular complexity index is 432. The Kier molecular flexibility index (Phi) is 7.45. The molecule has 0 N–H and O–H groups in total. The number of likely N-dealkylation sites (tertiary alicyclic amines) is 1. The van der Waals surface area contributed by atoms with Gasteiger partial charge < -0.3 is 19.3 Å². The van der Waals surface area contributed by atoms with E-state index in [2.05, 4.69) is 11.8 Å². The fraction of sp³-hybridized carbons (Fsp3) is 0.882. The van der Waals surface area contributed by atoms with Crippen LogP contribution in [0.4, 0.5) is 4.79 Å². The standard InChI is InChI=1S/C17H31N3O4/c1-4-24-10-5-7-18-8-6-15(14(2)12-18)20-16(21)13-19(17(20)22)9-11-23-3/h14-15H,4-13H2,1-3H3/t14-,15+/m1/s1. The molecule has 2 aliphatic heterocycles. The molecule has 2 fully saturated rings. The third kappa shape index (κ3) is 4.68. The predicted octanol–water partition coefficient (Wildman–Crippen LogP) is 1.03. The molecule has 138 valence electrons. The van der Waals surface area contributed by atoms with Crippen LogP contribution < -0.4 is 0 Å². The van der Waals surface area contributed by atoms with Crippen LogP contribution in [0.3, 0.4) is 0 Å². The van der Waals surface area contributed by atoms with Gasteiger partial charge in [0.2, 0.25) is 0 Å². The maximum atomic E-state index is 12.5. The number of ether oxygens (including phenoxy) is 2. The van der Waals surface area contributed by atoms with E-state index in [4.69, 9.17) is 9.47 Å². The predicted molar refractivity (Wildman–Crippen MR) is 90.8 cm³/mol. The van der Waals surface area contributed by atoms with Crippen molar-refractivity contribution < 1.29 is 19.1 Å². The number of carbonyl (C=O) groups is 2. The maximum absolute atomic E-state index is 12.5. The largest absolute Gasteiger partial charge is 0.383 e. The smallest absolute Gasteiger partial charge is 0.327 e. The second-order valence-corrected chi connectivity index (χ2v) is 6.65. The van der Waals surface area contributed by atoms with Crippen LogP contribution in [0.1, 0.15) is 26.7 Å². The van der Waals surface area contributed by atoms with E-state index in [1.54, 1.807) is 12.0 Å². The lowest BCUT2D eigenvalue weighted by atomic mass is 9.92. The number of hydrogen-bond donors (Lipinski definition) is 0. The fourth-order valence-corrected chi connectivity index (χ4v) is 3.61. The van der Waals surface area contributed by atoms with Crippen LogP contribution in [-0.2, 0) is 14.3 Å². The van der Waals surface area contributed by atoms with Gasteiger partial charge in [-0.2, -0.15) is 0 Å². The first-order chi connectivity index (χ1) is 11.6. The van der Waals surface area contributed by atoms with Crippen LogP contribution in [0.15, 0.2) is 0 Å². The topological polar surface area (TPSA) is 62.3 Å². The Balaban J connectivity index is 1.85. The number of imide groups is 1. The molecular formula is C17H31N3O4. The summed E-state index contributed by atoms with van der Waals surface area (Å²) in [5, 5.41) is 0. The molecule has 0 aromatic heterocycles. The molecule has 2 aliphatic rings. The molecule has 2 rings (SSSR count). The molecule has 3 amide bonds. The number of methoxy groups -OCH3 is 1. The van der Waals surface area contributed by atoms with Crippen molar-refractivity contribution in [2.24, 2.45) is 5.92 Å². The second kappa shape index (κ2) is 9.34. The van der Waals surface area contributed by atoms with Gasteiger partial charge in [0, 0.05) is 52.5 Å². The van der Waals surface area contributed by atoms with Gasteiger partial charge >= 0.3 is 6.03 Å². The summed E-state index contributed by atoms with van der Waals surface area (Å²) < 4.78 is 10.4. The van der Waals surface area contributed by atoms with Crippen molar-refractivity contribution in [2.75, 3.05) is 59.7 Å². The number of amides is 3. The maximum Gasteiger partial charge on any atom is 0.327 e. The molecule has 0 saturated carbocycles. The molecule has 2 saturated heterocycles. The van der Waals surface area contributed by atoms with E-state index in [0.29, 0.717) is 19.1 Å². The van der Waals surface area contributed by atoms with E-state index in [0.717, 1.165) is 45.7 Å². The first-order valence-corrected chi connectivity index (χ1v) is 8.98. The first-order valence-electron chi connectivity index (χ1n) is 8.98. The first kappa shape index (κ1) is 19.1. The Morgan fingerprint density at radius 2 is 2.00 bits per heavy atom. The number of piperidine rings is 1. The average Bonchev–Trinajstić information content (AvgIpc) is 2.84. The molecule has 2 heterocycles. The third-order valence-electron chi connectivity index (χ3n) is 4.88. The van der Waals surface area contributed by atoms with Crippen LogP contribution >= 0.6 is 0 Å². The highest BCUT2D eigenvalue weighted by atomic mass is 16.5. The quantitative estimate of drug-likeness (QED) is 0.463. The summed E-state index contributed by atoms with van der Waals surface area (Å²) in [5.74, 6) is 0.221. The fourth-order valence-electron chi connectivity index (χ4n) is 3.61. The molecule has 0 radical (unpaired) electrons. The van der Waals surface area contributed by atoms with Crippen LogP contribution in [0.2, 0.25) is 0 Å². The average molecular weight is 341 g/mol. The van der Waals surface area contributed by atoms with Crippen molar-refractivity contribution >= 4 is 11.9 Å². The van der Waals surface area contributed by atoms with Gasteiger partial charge in [-0.15, -0.1) is 0 Å². The van der Waals surface area contributed by atoms with Crippen molar-refractivity contribution in [3.63, 3.8) is 0 Å². The van der Waals surface area contributed by atoms with Crippen LogP contribution in [0, 0.1) is 5.92 Å². The number of hydrogen-bond acceptors (Lipinski definition) is 5. The lowest BCUT2D eigenvalue weighted by Crippen LogP contribution is -2.52. The minimum absolute atomic E-state index is 0.0145. The molecule has 0 unspecified atom stereocenters. The van der Waals surface area contributed by atoms with Crippen LogP contribution in [0.5, 0.6) is 0 Å². The van der Waals surface area contributed by atoms with Gasteiger partial charge in [0.05, 0.1) is 6.61 Å². The molecule has 0 aromatic rings. The highest BCUT2D eigenvalue weighted by Crippen LogP contribution is 2.26. The Morgan fingerprint density at radius 1 is 1.21 bits per heavy atom. The lowest BCUT2D eigenvalue weighted by molar-refractivity contribution is -0.128. The SMILES string of the molecule is CCOCCCN1CC[C@H](N2C(=O)CN(CCOC)C2=O)[C@H](C)C1. The molecular weight excluding hydrogens is 310 g/mol. The van der Waals surface area contributed by atoms with Crippen molar-refractivity contribution in [3.8, 4) is 0 Å². The van der Waals surface area contributed by atoms with Gasteiger partial charge in [0.25, 0.3) is 5.91 Å². The van der Waals surface area contributed by atoms with E-state index < -0.39 is 0 Å². The number of nitrogens with zero attached hydrogens (tertiary/aromatic N) is 3. The molecule has 24 heavy (non-hydrogen) atoms. The van der Waals surface area contributed by atoms with Crippen LogP contribution in [0.25, 0.3) is 0 Å². The minimum Gasteiger partial charge on any atom is -0.383 e. The normalized spacial score (nSPS) is 25.8. The van der Waals surface area contributed by atoms with Crippen LogP contribution in [-0.4, -0.2) is 92.3 Å². The molecule has 0 aromatic carbocycles. The molecule has 7 nitrogen and oxygen atoms in total. The molecule has 0 aliphatic carbocycles. The highest BCUT2D eigenvalue weighted by Gasteiger charge is 2.43. The van der Waals surface area contributed by atoms with Crippen molar-refractivity contribution in [1.82, 2.24) is 14.7 Å². The summed E-state index contributed by atoms with van der Waals surface area (Å²) >= 11 is 0. The highest BCUT2D eigenvalue weighted by molar-refractivity contribution is 6.02. The van der Waals surface area contributed by atoms with Gasteiger partial charge in [-0.05, 0) is 25.7 Å². The zero-order chi connectivity index (χ0) is 17.5. The van der Waals surface area contributed by atoms with E-state index in [1.807, 2.05) is 6.92 Å². The Labute approximate surface area is 144 Å². The van der Waals surface area contributed by atoms with Crippen molar-refractivity contribution in [2.45, 2.75) is 32.7 Å². The summed E-state index contributed by atoms with van der Waals surface area (Å²) in [7, 11) is 1.60. The summed E-state index contributed by atoms with van der Waals surface area (Å²) in [4.78, 5) is 30.4. The summed E-state index contributed by atoms with van der Waals surface area (Å²) in [6, 6.07) is -0.139. The summed E-state index contributed by atoms with van der Waals surface area (Å²) in [6.45, 7) is 9.68. The number of carbonyl (C=O) groups excluding carboxylic acids is 2. The van der Waals surface area contributed by atoms with Gasteiger partial charge in [0.15, 0.2) is 0 Å². The molecule has 2 atom stereocenters. The number of urea groups is 1. The molecule has 0 bridgehead atoms. The second-order valence-electron chi connectivity index (χ2n) is 6.65. The van der Waals surface area contributed by atoms with Gasteiger partial charge in [-0.3, -0.25) is 9.69 Å². The minimum atomic E-state index is -0.154.